The highest BCUT2D eigenvalue weighted by Crippen LogP contribution is 2.82. The first-order valence-electron chi connectivity index (χ1n) is 6.36. The summed E-state index contributed by atoms with van der Waals surface area (Å²) < 4.78 is 5.11. The van der Waals surface area contributed by atoms with E-state index in [1.807, 2.05) is 0 Å². The van der Waals surface area contributed by atoms with Crippen LogP contribution in [0.2, 0.25) is 0 Å². The van der Waals surface area contributed by atoms with Gasteiger partial charge in [-0.05, 0) is 43.9 Å². The smallest absolute Gasteiger partial charge is 0.312 e. The molecule has 3 aliphatic carbocycles. The number of ether oxygens (including phenoxy) is 1. The Morgan fingerprint density at radius 3 is 2.81 bits per heavy atom. The van der Waals surface area contributed by atoms with Crippen LogP contribution in [0.5, 0.6) is 0 Å². The lowest BCUT2D eigenvalue weighted by atomic mass is 9.70. The second-order valence-corrected chi connectivity index (χ2v) is 6.08. The number of rotatable bonds is 1. The average Bonchev–Trinajstić information content (AvgIpc) is 2.89. The number of hydrogen-bond donors (Lipinski definition) is 0. The highest BCUT2D eigenvalue weighted by Gasteiger charge is 2.78. The van der Waals surface area contributed by atoms with Gasteiger partial charge in [0, 0.05) is 5.41 Å². The van der Waals surface area contributed by atoms with Gasteiger partial charge in [0.1, 0.15) is 0 Å². The lowest BCUT2D eigenvalue weighted by molar-refractivity contribution is -0.156. The monoisotopic (exact) mass is 220 g/mol. The van der Waals surface area contributed by atoms with Crippen molar-refractivity contribution in [2.24, 2.45) is 16.2 Å². The number of hydrogen-bond acceptors (Lipinski definition) is 2. The average molecular weight is 220 g/mol. The summed E-state index contributed by atoms with van der Waals surface area (Å²) in [5, 5.41) is 0. The summed E-state index contributed by atoms with van der Waals surface area (Å²) in [4.78, 5) is 12.2. The fourth-order valence-corrected chi connectivity index (χ4v) is 4.50. The maximum atomic E-state index is 12.2. The maximum Gasteiger partial charge on any atom is 0.312 e. The third-order valence-corrected chi connectivity index (χ3v) is 5.53. The van der Waals surface area contributed by atoms with Crippen molar-refractivity contribution in [3.8, 4) is 0 Å². The van der Waals surface area contributed by atoms with Gasteiger partial charge in [0.05, 0.1) is 12.5 Å². The van der Waals surface area contributed by atoms with E-state index in [1.165, 1.54) is 20.0 Å². The second kappa shape index (κ2) is 2.91. The molecular formula is C14H20O2. The van der Waals surface area contributed by atoms with Crippen molar-refractivity contribution < 1.29 is 9.53 Å². The fraction of sp³-hybridized carbons (Fsp3) is 0.786. The zero-order valence-electron chi connectivity index (χ0n) is 10.2. The summed E-state index contributed by atoms with van der Waals surface area (Å²) in [6, 6.07) is 0. The standard InChI is InChI=1S/C14H20O2/c1-12-8-9-13(11(15)16-2)6-4-3-5-7-14(12,13)10-12/h5,7H,3-4,6,8-10H2,1-2H3/t12-,13+,14+/m1/s1. The molecule has 3 atom stereocenters. The number of methoxy groups -OCH3 is 1. The molecule has 0 bridgehead atoms. The quantitative estimate of drug-likeness (QED) is 0.501. The van der Waals surface area contributed by atoms with E-state index in [2.05, 4.69) is 19.1 Å². The van der Waals surface area contributed by atoms with Gasteiger partial charge < -0.3 is 4.74 Å². The topological polar surface area (TPSA) is 26.3 Å². The van der Waals surface area contributed by atoms with Crippen LogP contribution in [0, 0.1) is 16.2 Å². The van der Waals surface area contributed by atoms with E-state index in [4.69, 9.17) is 4.74 Å². The summed E-state index contributed by atoms with van der Waals surface area (Å²) in [5.41, 5.74) is 0.328. The van der Waals surface area contributed by atoms with Crippen LogP contribution in [-0.2, 0) is 9.53 Å². The highest BCUT2D eigenvalue weighted by atomic mass is 16.5. The van der Waals surface area contributed by atoms with Gasteiger partial charge >= 0.3 is 5.97 Å². The van der Waals surface area contributed by atoms with Crippen LogP contribution in [0.4, 0.5) is 0 Å². The van der Waals surface area contributed by atoms with Gasteiger partial charge in [-0.15, -0.1) is 0 Å². The summed E-state index contributed by atoms with van der Waals surface area (Å²) in [5.74, 6) is 0.0419. The first-order valence-corrected chi connectivity index (χ1v) is 6.36. The zero-order valence-corrected chi connectivity index (χ0v) is 10.2. The molecule has 0 N–H and O–H groups in total. The zero-order chi connectivity index (χ0) is 11.4. The van der Waals surface area contributed by atoms with E-state index >= 15 is 0 Å². The maximum absolute atomic E-state index is 12.2. The summed E-state index contributed by atoms with van der Waals surface area (Å²) in [7, 11) is 1.54. The van der Waals surface area contributed by atoms with Gasteiger partial charge in [-0.3, -0.25) is 4.79 Å². The van der Waals surface area contributed by atoms with Crippen molar-refractivity contribution in [2.75, 3.05) is 7.11 Å². The minimum Gasteiger partial charge on any atom is -0.469 e. The normalized spacial score (nSPS) is 49.1. The molecule has 0 aromatic carbocycles. The van der Waals surface area contributed by atoms with Gasteiger partial charge in [-0.25, -0.2) is 0 Å². The minimum atomic E-state index is -0.191. The molecule has 2 fully saturated rings. The summed E-state index contributed by atoms with van der Waals surface area (Å²) >= 11 is 0. The van der Waals surface area contributed by atoms with E-state index in [0.29, 0.717) is 5.41 Å². The molecule has 2 saturated carbocycles. The molecule has 0 aromatic heterocycles. The Balaban J connectivity index is 2.08. The van der Waals surface area contributed by atoms with Crippen molar-refractivity contribution >= 4 is 5.97 Å². The molecule has 0 radical (unpaired) electrons. The Hall–Kier alpha value is -0.790. The number of carbonyl (C=O) groups excluding carboxylic acids is 1. The van der Waals surface area contributed by atoms with Crippen LogP contribution in [0.25, 0.3) is 0 Å². The molecule has 16 heavy (non-hydrogen) atoms. The van der Waals surface area contributed by atoms with Crippen molar-refractivity contribution in [1.82, 2.24) is 0 Å². The molecule has 2 heteroatoms. The van der Waals surface area contributed by atoms with E-state index in [1.54, 1.807) is 0 Å². The van der Waals surface area contributed by atoms with E-state index in [0.717, 1.165) is 25.7 Å². The Bertz CT molecular complexity index is 373. The molecule has 0 amide bonds. The van der Waals surface area contributed by atoms with Gasteiger partial charge in [-0.1, -0.05) is 19.1 Å². The van der Waals surface area contributed by atoms with E-state index in [-0.39, 0.29) is 16.8 Å². The molecule has 3 aliphatic rings. The van der Waals surface area contributed by atoms with Crippen LogP contribution in [0.3, 0.4) is 0 Å². The Kier molecular flexibility index (Phi) is 1.88. The highest BCUT2D eigenvalue weighted by molar-refractivity contribution is 5.80. The molecule has 2 nitrogen and oxygen atoms in total. The molecule has 0 heterocycles. The molecule has 0 aromatic rings. The van der Waals surface area contributed by atoms with Gasteiger partial charge in [0.2, 0.25) is 0 Å². The van der Waals surface area contributed by atoms with Crippen LogP contribution in [0.15, 0.2) is 12.2 Å². The lowest BCUT2D eigenvalue weighted by Crippen LogP contribution is -2.38. The Labute approximate surface area is 97.1 Å². The Morgan fingerprint density at radius 1 is 1.31 bits per heavy atom. The second-order valence-electron chi connectivity index (χ2n) is 6.08. The largest absolute Gasteiger partial charge is 0.469 e. The predicted molar refractivity (Wildman–Crippen MR) is 61.8 cm³/mol. The lowest BCUT2D eigenvalue weighted by Gasteiger charge is -2.33. The minimum absolute atomic E-state index is 0.0419. The van der Waals surface area contributed by atoms with Gasteiger partial charge in [0.25, 0.3) is 0 Å². The van der Waals surface area contributed by atoms with Gasteiger partial charge in [-0.2, -0.15) is 0 Å². The SMILES string of the molecule is COC(=O)[C@@]12CCCC=C[C@@]13C[C@@]3(C)CC2. The van der Waals surface area contributed by atoms with Crippen LogP contribution < -0.4 is 0 Å². The molecular weight excluding hydrogens is 200 g/mol. The molecule has 0 aliphatic heterocycles. The third-order valence-electron chi connectivity index (χ3n) is 5.53. The fourth-order valence-electron chi connectivity index (χ4n) is 4.50. The van der Waals surface area contributed by atoms with Crippen molar-refractivity contribution in [3.63, 3.8) is 0 Å². The molecule has 0 unspecified atom stereocenters. The first-order chi connectivity index (χ1) is 7.60. The van der Waals surface area contributed by atoms with Crippen LogP contribution >= 0.6 is 0 Å². The summed E-state index contributed by atoms with van der Waals surface area (Å²) in [6.07, 6.45) is 11.3. The van der Waals surface area contributed by atoms with E-state index < -0.39 is 0 Å². The Morgan fingerprint density at radius 2 is 2.12 bits per heavy atom. The summed E-state index contributed by atoms with van der Waals surface area (Å²) in [6.45, 7) is 2.34. The number of esters is 1. The molecule has 3 rings (SSSR count). The number of allylic oxidation sites excluding steroid dienone is 2. The van der Waals surface area contributed by atoms with Crippen molar-refractivity contribution in [1.29, 1.82) is 0 Å². The van der Waals surface area contributed by atoms with Crippen molar-refractivity contribution in [2.45, 2.75) is 45.4 Å². The third kappa shape index (κ3) is 0.922. The van der Waals surface area contributed by atoms with Crippen LogP contribution in [0.1, 0.15) is 45.4 Å². The van der Waals surface area contributed by atoms with E-state index in [9.17, 15) is 4.79 Å². The van der Waals surface area contributed by atoms with Gasteiger partial charge in [0.15, 0.2) is 0 Å². The predicted octanol–water partition coefficient (Wildman–Crippen LogP) is 3.08. The van der Waals surface area contributed by atoms with Crippen molar-refractivity contribution in [3.05, 3.63) is 12.2 Å². The molecule has 1 spiro atoms. The number of carbonyl (C=O) groups is 1. The molecule has 88 valence electrons. The first kappa shape index (κ1) is 10.4. The molecule has 0 saturated heterocycles. The van der Waals surface area contributed by atoms with Crippen LogP contribution in [-0.4, -0.2) is 13.1 Å².